The minimum atomic E-state index is -0.169. The predicted molar refractivity (Wildman–Crippen MR) is 79.9 cm³/mol. The third-order valence-corrected chi connectivity index (χ3v) is 3.98. The highest BCUT2D eigenvalue weighted by molar-refractivity contribution is 5.81. The maximum absolute atomic E-state index is 12.0. The van der Waals surface area contributed by atoms with E-state index in [4.69, 9.17) is 4.74 Å². The van der Waals surface area contributed by atoms with Crippen molar-refractivity contribution in [3.05, 3.63) is 0 Å². The van der Waals surface area contributed by atoms with E-state index in [0.29, 0.717) is 12.6 Å². The van der Waals surface area contributed by atoms with Crippen molar-refractivity contribution < 1.29 is 14.3 Å². The fraction of sp³-hybridized carbons (Fsp3) is 0.867. The van der Waals surface area contributed by atoms with Crippen molar-refractivity contribution in [1.29, 1.82) is 0 Å². The Kier molecular flexibility index (Phi) is 5.58. The smallest absolute Gasteiger partial charge is 0.320 e. The van der Waals surface area contributed by atoms with Gasteiger partial charge in [-0.1, -0.05) is 0 Å². The third kappa shape index (κ3) is 5.28. The zero-order valence-corrected chi connectivity index (χ0v) is 13.3. The van der Waals surface area contributed by atoms with Gasteiger partial charge in [0, 0.05) is 32.2 Å². The van der Waals surface area contributed by atoms with Crippen LogP contribution in [0.25, 0.3) is 0 Å². The Balaban J connectivity index is 1.69. The first-order valence-electron chi connectivity index (χ1n) is 7.92. The molecule has 1 saturated heterocycles. The van der Waals surface area contributed by atoms with Crippen LogP contribution in [0.4, 0.5) is 0 Å². The number of nitrogens with zero attached hydrogens (tertiary/aromatic N) is 2. The van der Waals surface area contributed by atoms with E-state index in [1.165, 1.54) is 0 Å². The average molecular weight is 297 g/mol. The van der Waals surface area contributed by atoms with Gasteiger partial charge in [-0.25, -0.2) is 0 Å². The van der Waals surface area contributed by atoms with E-state index in [9.17, 15) is 9.59 Å². The molecule has 1 atom stereocenters. The monoisotopic (exact) mass is 297 g/mol. The molecule has 120 valence electrons. The molecule has 0 aromatic rings. The molecule has 1 unspecified atom stereocenters. The van der Waals surface area contributed by atoms with Gasteiger partial charge in [0.2, 0.25) is 5.91 Å². The van der Waals surface area contributed by atoms with Gasteiger partial charge in [0.15, 0.2) is 0 Å². The van der Waals surface area contributed by atoms with E-state index in [0.717, 1.165) is 39.0 Å². The van der Waals surface area contributed by atoms with E-state index < -0.39 is 0 Å². The molecule has 0 spiro atoms. The van der Waals surface area contributed by atoms with Crippen LogP contribution in [0.2, 0.25) is 0 Å². The van der Waals surface area contributed by atoms with Crippen LogP contribution in [-0.2, 0) is 14.3 Å². The van der Waals surface area contributed by atoms with Crippen molar-refractivity contribution in [2.24, 2.45) is 0 Å². The van der Waals surface area contributed by atoms with Crippen molar-refractivity contribution in [2.75, 3.05) is 32.7 Å². The van der Waals surface area contributed by atoms with Gasteiger partial charge in [-0.2, -0.15) is 0 Å². The molecule has 2 fully saturated rings. The molecule has 1 saturated carbocycles. The highest BCUT2D eigenvalue weighted by atomic mass is 16.5. The number of rotatable bonds is 6. The zero-order valence-electron chi connectivity index (χ0n) is 13.3. The van der Waals surface area contributed by atoms with E-state index >= 15 is 0 Å². The first-order chi connectivity index (χ1) is 9.95. The summed E-state index contributed by atoms with van der Waals surface area (Å²) in [6.07, 6.45) is 2.17. The van der Waals surface area contributed by atoms with Crippen molar-refractivity contribution in [3.8, 4) is 0 Å². The molecule has 2 rings (SSSR count). The van der Waals surface area contributed by atoms with Crippen LogP contribution < -0.4 is 5.32 Å². The van der Waals surface area contributed by atoms with Gasteiger partial charge in [-0.05, 0) is 33.6 Å². The molecule has 1 amide bonds. The third-order valence-electron chi connectivity index (χ3n) is 3.98. The van der Waals surface area contributed by atoms with Crippen molar-refractivity contribution >= 4 is 11.9 Å². The first kappa shape index (κ1) is 16.2. The standard InChI is InChI=1S/C15H27N3O3/c1-11(2)21-14(19)10-17-6-8-18(9-7-17)12(3)15(20)16-13-4-5-13/h11-13H,4-10H2,1-3H3,(H,16,20). The molecule has 0 radical (unpaired) electrons. The Hall–Kier alpha value is -1.14. The number of hydrogen-bond donors (Lipinski definition) is 1. The summed E-state index contributed by atoms with van der Waals surface area (Å²) in [7, 11) is 0. The lowest BCUT2D eigenvalue weighted by molar-refractivity contribution is -0.149. The maximum atomic E-state index is 12.0. The van der Waals surface area contributed by atoms with Gasteiger partial charge >= 0.3 is 5.97 Å². The van der Waals surface area contributed by atoms with Crippen LogP contribution in [0.3, 0.4) is 0 Å². The fourth-order valence-electron chi connectivity index (χ4n) is 2.51. The second-order valence-electron chi connectivity index (χ2n) is 6.31. The number of hydrogen-bond acceptors (Lipinski definition) is 5. The van der Waals surface area contributed by atoms with E-state index in [1.54, 1.807) is 0 Å². The van der Waals surface area contributed by atoms with E-state index in [2.05, 4.69) is 15.1 Å². The summed E-state index contributed by atoms with van der Waals surface area (Å²) in [4.78, 5) is 27.9. The summed E-state index contributed by atoms with van der Waals surface area (Å²) in [5.41, 5.74) is 0. The first-order valence-corrected chi connectivity index (χ1v) is 7.92. The van der Waals surface area contributed by atoms with Gasteiger partial charge < -0.3 is 10.1 Å². The molecular formula is C15H27N3O3. The van der Waals surface area contributed by atoms with Gasteiger partial charge in [0.1, 0.15) is 0 Å². The Labute approximate surface area is 126 Å². The van der Waals surface area contributed by atoms with Crippen LogP contribution >= 0.6 is 0 Å². The largest absolute Gasteiger partial charge is 0.462 e. The van der Waals surface area contributed by atoms with Crippen LogP contribution in [0, 0.1) is 0 Å². The molecule has 2 aliphatic rings. The SMILES string of the molecule is CC(C)OC(=O)CN1CCN(C(C)C(=O)NC2CC2)CC1. The minimum absolute atomic E-state index is 0.0649. The summed E-state index contributed by atoms with van der Waals surface area (Å²) < 4.78 is 5.16. The molecule has 1 aliphatic heterocycles. The van der Waals surface area contributed by atoms with Crippen molar-refractivity contribution in [3.63, 3.8) is 0 Å². The summed E-state index contributed by atoms with van der Waals surface area (Å²) in [5, 5.41) is 3.05. The minimum Gasteiger partial charge on any atom is -0.462 e. The van der Waals surface area contributed by atoms with Gasteiger partial charge in [0.25, 0.3) is 0 Å². The number of amides is 1. The Morgan fingerprint density at radius 1 is 1.14 bits per heavy atom. The number of piperazine rings is 1. The van der Waals surface area contributed by atoms with Gasteiger partial charge in [-0.3, -0.25) is 19.4 Å². The molecule has 1 heterocycles. The predicted octanol–water partition coefficient (Wildman–Crippen LogP) is 0.223. The Bertz CT molecular complexity index is 374. The number of carbonyl (C=O) groups is 2. The maximum Gasteiger partial charge on any atom is 0.320 e. The van der Waals surface area contributed by atoms with Gasteiger partial charge in [0.05, 0.1) is 18.7 Å². The van der Waals surface area contributed by atoms with E-state index in [1.807, 2.05) is 20.8 Å². The van der Waals surface area contributed by atoms with Crippen molar-refractivity contribution in [2.45, 2.75) is 51.8 Å². The second-order valence-corrected chi connectivity index (χ2v) is 6.31. The number of nitrogens with one attached hydrogen (secondary N) is 1. The molecule has 0 aromatic carbocycles. The quantitative estimate of drug-likeness (QED) is 0.711. The van der Waals surface area contributed by atoms with E-state index in [-0.39, 0.29) is 24.0 Å². The molecular weight excluding hydrogens is 270 g/mol. The zero-order chi connectivity index (χ0) is 15.4. The van der Waals surface area contributed by atoms with Crippen LogP contribution in [-0.4, -0.2) is 72.6 Å². The summed E-state index contributed by atoms with van der Waals surface area (Å²) >= 11 is 0. The van der Waals surface area contributed by atoms with Crippen LogP contribution in [0.15, 0.2) is 0 Å². The van der Waals surface area contributed by atoms with Crippen molar-refractivity contribution in [1.82, 2.24) is 15.1 Å². The molecule has 0 aromatic heterocycles. The lowest BCUT2D eigenvalue weighted by Crippen LogP contribution is -2.54. The fourth-order valence-corrected chi connectivity index (χ4v) is 2.51. The highest BCUT2D eigenvalue weighted by Gasteiger charge is 2.30. The van der Waals surface area contributed by atoms with Gasteiger partial charge in [-0.15, -0.1) is 0 Å². The lowest BCUT2D eigenvalue weighted by atomic mass is 10.2. The Morgan fingerprint density at radius 3 is 2.29 bits per heavy atom. The molecule has 6 heteroatoms. The topological polar surface area (TPSA) is 61.9 Å². The number of esters is 1. The summed E-state index contributed by atoms with van der Waals surface area (Å²) in [6, 6.07) is 0.322. The second kappa shape index (κ2) is 7.22. The number of ether oxygens (including phenoxy) is 1. The van der Waals surface area contributed by atoms with Crippen LogP contribution in [0.1, 0.15) is 33.6 Å². The average Bonchev–Trinajstić information content (AvgIpc) is 3.21. The lowest BCUT2D eigenvalue weighted by Gasteiger charge is -2.37. The van der Waals surface area contributed by atoms with Crippen LogP contribution in [0.5, 0.6) is 0 Å². The molecule has 6 nitrogen and oxygen atoms in total. The molecule has 21 heavy (non-hydrogen) atoms. The summed E-state index contributed by atoms with van der Waals surface area (Å²) in [5.74, 6) is -0.0388. The molecule has 1 N–H and O–H groups in total. The highest BCUT2D eigenvalue weighted by Crippen LogP contribution is 2.19. The normalized spacial score (nSPS) is 22.1. The summed E-state index contributed by atoms with van der Waals surface area (Å²) in [6.45, 7) is 9.24. The Morgan fingerprint density at radius 2 is 1.76 bits per heavy atom. The molecule has 0 bridgehead atoms. The molecule has 1 aliphatic carbocycles. The number of carbonyl (C=O) groups excluding carboxylic acids is 2.